The van der Waals surface area contributed by atoms with E-state index in [1.54, 1.807) is 0 Å². The highest BCUT2D eigenvalue weighted by atomic mass is 32.2. The molecule has 4 rings (SSSR count). The molecule has 0 spiro atoms. The molecule has 1 unspecified atom stereocenters. The van der Waals surface area contributed by atoms with Gasteiger partial charge < -0.3 is 5.11 Å². The zero-order valence-corrected chi connectivity index (χ0v) is 17.6. The van der Waals surface area contributed by atoms with Gasteiger partial charge >= 0.3 is 6.03 Å². The molecule has 9 heteroatoms. The number of nitrogens with one attached hydrogen (secondary N) is 1. The summed E-state index contributed by atoms with van der Waals surface area (Å²) in [5.41, 5.74) is 3.16. The molecule has 164 valence electrons. The molecule has 1 atom stereocenters. The second-order valence-electron chi connectivity index (χ2n) is 7.58. The standard InChI is InChI=1S/C22H23F2N3O3S/c23-17-9-10-19(24)18(13-17)20-25-27(21(29)26-30-14-15-7-8-15)22(31-20,11-4-12-28)16-5-2-1-3-6-16/h1-3,5-6,9-10,13,15,28H,4,7-8,11-12,14H2,(H,26,29). The number of aliphatic hydroxyl groups is 1. The number of halogens is 2. The summed E-state index contributed by atoms with van der Waals surface area (Å²) >= 11 is 1.16. The van der Waals surface area contributed by atoms with Crippen LogP contribution in [0.25, 0.3) is 0 Å². The van der Waals surface area contributed by atoms with E-state index in [4.69, 9.17) is 4.84 Å². The molecule has 2 aromatic rings. The predicted octanol–water partition coefficient (Wildman–Crippen LogP) is 4.35. The Morgan fingerprint density at radius 2 is 2.03 bits per heavy atom. The fourth-order valence-corrected chi connectivity index (χ4v) is 4.84. The number of amides is 2. The van der Waals surface area contributed by atoms with Crippen LogP contribution >= 0.6 is 11.8 Å². The van der Waals surface area contributed by atoms with Crippen molar-refractivity contribution in [2.75, 3.05) is 13.2 Å². The average Bonchev–Trinajstić information content (AvgIpc) is 3.52. The van der Waals surface area contributed by atoms with Crippen LogP contribution in [0.5, 0.6) is 0 Å². The van der Waals surface area contributed by atoms with Crippen LogP contribution in [0.1, 0.15) is 36.8 Å². The van der Waals surface area contributed by atoms with Crippen molar-refractivity contribution in [2.24, 2.45) is 11.0 Å². The molecule has 0 aromatic heterocycles. The van der Waals surface area contributed by atoms with Gasteiger partial charge in [-0.3, -0.25) is 4.84 Å². The SMILES string of the molecule is O=C(NOCC1CC1)N1N=C(c2cc(F)ccc2F)SC1(CCCO)c1ccccc1. The second kappa shape index (κ2) is 9.33. The summed E-state index contributed by atoms with van der Waals surface area (Å²) in [5, 5.41) is 15.3. The first-order valence-corrected chi connectivity index (χ1v) is 11.0. The maximum atomic E-state index is 14.5. The molecule has 31 heavy (non-hydrogen) atoms. The average molecular weight is 448 g/mol. The molecule has 2 N–H and O–H groups in total. The van der Waals surface area contributed by atoms with Gasteiger partial charge in [0.2, 0.25) is 0 Å². The summed E-state index contributed by atoms with van der Waals surface area (Å²) in [6.07, 6.45) is 2.86. The van der Waals surface area contributed by atoms with Crippen molar-refractivity contribution in [2.45, 2.75) is 30.6 Å². The number of thioether (sulfide) groups is 1. The fourth-order valence-electron chi connectivity index (χ4n) is 3.42. The first-order valence-electron chi connectivity index (χ1n) is 10.1. The smallest absolute Gasteiger partial charge is 0.363 e. The largest absolute Gasteiger partial charge is 0.396 e. The zero-order valence-electron chi connectivity index (χ0n) is 16.8. The lowest BCUT2D eigenvalue weighted by atomic mass is 10.0. The zero-order chi connectivity index (χ0) is 21.8. The lowest BCUT2D eigenvalue weighted by Crippen LogP contribution is -2.46. The number of nitrogens with zero attached hydrogens (tertiary/aromatic N) is 2. The molecule has 1 aliphatic heterocycles. The van der Waals surface area contributed by atoms with Crippen LogP contribution < -0.4 is 5.48 Å². The molecule has 2 aromatic carbocycles. The predicted molar refractivity (Wildman–Crippen MR) is 114 cm³/mol. The van der Waals surface area contributed by atoms with Gasteiger partial charge in [0.25, 0.3) is 0 Å². The number of hydroxylamine groups is 1. The van der Waals surface area contributed by atoms with Gasteiger partial charge in [-0.2, -0.15) is 10.1 Å². The Morgan fingerprint density at radius 1 is 1.26 bits per heavy atom. The number of urea groups is 1. The van der Waals surface area contributed by atoms with Crippen LogP contribution in [0.3, 0.4) is 0 Å². The van der Waals surface area contributed by atoms with Gasteiger partial charge in [0.05, 0.1) is 6.61 Å². The van der Waals surface area contributed by atoms with E-state index in [2.05, 4.69) is 10.6 Å². The number of hydrogen-bond acceptors (Lipinski definition) is 5. The molecule has 6 nitrogen and oxygen atoms in total. The Bertz CT molecular complexity index is 972. The molecular weight excluding hydrogens is 424 g/mol. The number of carbonyl (C=O) groups is 1. The molecule has 1 heterocycles. The highest BCUT2D eigenvalue weighted by Gasteiger charge is 2.49. The minimum Gasteiger partial charge on any atom is -0.396 e. The molecule has 0 bridgehead atoms. The lowest BCUT2D eigenvalue weighted by molar-refractivity contribution is 0.0332. The van der Waals surface area contributed by atoms with Gasteiger partial charge in [-0.15, -0.1) is 0 Å². The first kappa shape index (κ1) is 21.7. The molecule has 2 aliphatic rings. The third-order valence-electron chi connectivity index (χ3n) is 5.22. The number of rotatable bonds is 8. The summed E-state index contributed by atoms with van der Waals surface area (Å²) in [5.74, 6) is -0.790. The topological polar surface area (TPSA) is 74.2 Å². The quantitative estimate of drug-likeness (QED) is 0.590. The Kier molecular flexibility index (Phi) is 6.54. The van der Waals surface area contributed by atoms with Crippen LogP contribution in [0.15, 0.2) is 53.6 Å². The molecule has 1 aliphatic carbocycles. The van der Waals surface area contributed by atoms with E-state index in [1.807, 2.05) is 30.3 Å². The van der Waals surface area contributed by atoms with Crippen molar-refractivity contribution in [3.8, 4) is 0 Å². The van der Waals surface area contributed by atoms with E-state index in [0.29, 0.717) is 25.4 Å². The van der Waals surface area contributed by atoms with E-state index in [1.165, 1.54) is 5.01 Å². The first-order chi connectivity index (χ1) is 15.0. The number of carbonyl (C=O) groups excluding carboxylic acids is 1. The third-order valence-corrected chi connectivity index (χ3v) is 6.67. The lowest BCUT2D eigenvalue weighted by Gasteiger charge is -2.35. The summed E-state index contributed by atoms with van der Waals surface area (Å²) in [7, 11) is 0. The van der Waals surface area contributed by atoms with Crippen molar-refractivity contribution in [1.82, 2.24) is 10.5 Å². The number of hydrogen-bond donors (Lipinski definition) is 2. The fraction of sp³-hybridized carbons (Fsp3) is 0.364. The summed E-state index contributed by atoms with van der Waals surface area (Å²) < 4.78 is 28.4. The van der Waals surface area contributed by atoms with Crippen LogP contribution in [0.2, 0.25) is 0 Å². The normalized spacial score (nSPS) is 20.6. The summed E-state index contributed by atoms with van der Waals surface area (Å²) in [6, 6.07) is 11.7. The van der Waals surface area contributed by atoms with E-state index >= 15 is 0 Å². The van der Waals surface area contributed by atoms with E-state index < -0.39 is 22.5 Å². The minimum absolute atomic E-state index is 0.0245. The van der Waals surface area contributed by atoms with E-state index in [0.717, 1.165) is 48.4 Å². The van der Waals surface area contributed by atoms with Crippen LogP contribution in [0.4, 0.5) is 13.6 Å². The van der Waals surface area contributed by atoms with Gasteiger partial charge in [-0.25, -0.2) is 19.1 Å². The van der Waals surface area contributed by atoms with Gasteiger partial charge in [0.15, 0.2) is 0 Å². The minimum atomic E-state index is -1.05. The van der Waals surface area contributed by atoms with Crippen LogP contribution in [-0.4, -0.2) is 34.4 Å². The molecule has 1 fully saturated rings. The Labute approximate surface area is 183 Å². The number of hydrazone groups is 1. The Morgan fingerprint density at radius 3 is 2.74 bits per heavy atom. The summed E-state index contributed by atoms with van der Waals surface area (Å²) in [6.45, 7) is 0.323. The van der Waals surface area contributed by atoms with Crippen LogP contribution in [0, 0.1) is 17.6 Å². The molecule has 1 saturated carbocycles. The Hall–Kier alpha value is -2.49. The van der Waals surface area contributed by atoms with Gasteiger partial charge in [-0.1, -0.05) is 42.1 Å². The molecular formula is C22H23F2N3O3S. The highest BCUT2D eigenvalue weighted by molar-refractivity contribution is 8.15. The molecule has 0 saturated heterocycles. The van der Waals surface area contributed by atoms with Crippen molar-refractivity contribution in [3.63, 3.8) is 0 Å². The molecule has 2 amide bonds. The van der Waals surface area contributed by atoms with Crippen LogP contribution in [-0.2, 0) is 9.71 Å². The number of aliphatic hydroxyl groups excluding tert-OH is 1. The van der Waals surface area contributed by atoms with E-state index in [9.17, 15) is 18.7 Å². The van der Waals surface area contributed by atoms with E-state index in [-0.39, 0.29) is 17.2 Å². The Balaban J connectivity index is 1.71. The second-order valence-corrected chi connectivity index (χ2v) is 8.85. The number of benzene rings is 2. The van der Waals surface area contributed by atoms with Crippen molar-refractivity contribution >= 4 is 22.8 Å². The summed E-state index contributed by atoms with van der Waals surface area (Å²) in [4.78, 5) is 17.4. The third kappa shape index (κ3) is 4.73. The van der Waals surface area contributed by atoms with Gasteiger partial charge in [0, 0.05) is 12.2 Å². The van der Waals surface area contributed by atoms with Crippen molar-refractivity contribution in [3.05, 3.63) is 71.3 Å². The monoisotopic (exact) mass is 447 g/mol. The highest BCUT2D eigenvalue weighted by Crippen LogP contribution is 2.50. The van der Waals surface area contributed by atoms with Gasteiger partial charge in [-0.05, 0) is 55.4 Å². The van der Waals surface area contributed by atoms with Crippen molar-refractivity contribution < 1.29 is 23.5 Å². The molecule has 0 radical (unpaired) electrons. The van der Waals surface area contributed by atoms with Crippen molar-refractivity contribution in [1.29, 1.82) is 0 Å². The maximum Gasteiger partial charge on any atom is 0.363 e. The van der Waals surface area contributed by atoms with Gasteiger partial charge in [0.1, 0.15) is 21.5 Å². The maximum absolute atomic E-state index is 14.5.